The number of Topliss-reactive ketones (excluding diaryl/α,β-unsaturated/α-hetero) is 1. The lowest BCUT2D eigenvalue weighted by Crippen LogP contribution is -2.01. The van der Waals surface area contributed by atoms with Crippen molar-refractivity contribution >= 4 is 5.78 Å². The summed E-state index contributed by atoms with van der Waals surface area (Å²) in [6.07, 6.45) is 4.03. The normalized spacial score (nSPS) is 12.2. The van der Waals surface area contributed by atoms with Crippen molar-refractivity contribution in [3.63, 3.8) is 0 Å². The zero-order chi connectivity index (χ0) is 11.3. The maximum Gasteiger partial charge on any atom is 0.137 e. The predicted molar refractivity (Wildman–Crippen MR) is 59.1 cm³/mol. The van der Waals surface area contributed by atoms with Gasteiger partial charge in [0.25, 0.3) is 0 Å². The molecule has 0 spiro atoms. The van der Waals surface area contributed by atoms with Crippen LogP contribution >= 0.6 is 0 Å². The van der Waals surface area contributed by atoms with Gasteiger partial charge in [-0.05, 0) is 31.4 Å². The molecule has 1 unspecified atom stereocenters. The Balaban J connectivity index is 2.75. The van der Waals surface area contributed by atoms with Crippen LogP contribution in [0.4, 0.5) is 0 Å². The number of hydrogen-bond acceptors (Lipinski definition) is 3. The van der Waals surface area contributed by atoms with Gasteiger partial charge < -0.3 is 9.53 Å². The smallest absolute Gasteiger partial charge is 0.137 e. The first kappa shape index (κ1) is 11.7. The molecule has 3 heteroatoms. The number of carbonyl (C=O) groups is 1. The Kier molecular flexibility index (Phi) is 4.28. The number of rotatable bonds is 5. The van der Waals surface area contributed by atoms with Gasteiger partial charge in [0.1, 0.15) is 11.5 Å². The van der Waals surface area contributed by atoms with Gasteiger partial charge in [-0.1, -0.05) is 6.92 Å². The molecular formula is C12H17NO2. The summed E-state index contributed by atoms with van der Waals surface area (Å²) in [6.45, 7) is 6.20. The summed E-state index contributed by atoms with van der Waals surface area (Å²) in [5.41, 5.74) is 1.05. The summed E-state index contributed by atoms with van der Waals surface area (Å²) in [6, 6.07) is 1.95. The average Bonchev–Trinajstić information content (AvgIpc) is 2.17. The fourth-order valence-corrected chi connectivity index (χ4v) is 1.50. The number of aromatic nitrogens is 1. The van der Waals surface area contributed by atoms with E-state index in [-0.39, 0.29) is 11.7 Å². The molecule has 0 saturated carbocycles. The van der Waals surface area contributed by atoms with E-state index < -0.39 is 0 Å². The van der Waals surface area contributed by atoms with Crippen LogP contribution in [0.5, 0.6) is 5.75 Å². The highest BCUT2D eigenvalue weighted by Gasteiger charge is 2.09. The lowest BCUT2D eigenvalue weighted by atomic mass is 9.98. The number of hydrogen-bond donors (Lipinski definition) is 0. The number of nitrogens with zero attached hydrogens (tertiary/aromatic N) is 1. The van der Waals surface area contributed by atoms with Crippen LogP contribution in [-0.2, 0) is 4.79 Å². The molecule has 3 nitrogen and oxygen atoms in total. The number of ketones is 1. The maximum atomic E-state index is 11.0. The largest absolute Gasteiger partial charge is 0.492 e. The van der Waals surface area contributed by atoms with E-state index in [9.17, 15) is 4.79 Å². The van der Waals surface area contributed by atoms with Crippen molar-refractivity contribution in [2.45, 2.75) is 33.1 Å². The van der Waals surface area contributed by atoms with E-state index in [0.717, 1.165) is 11.3 Å². The van der Waals surface area contributed by atoms with Gasteiger partial charge in [0, 0.05) is 12.6 Å². The number of pyridine rings is 1. The van der Waals surface area contributed by atoms with Crippen molar-refractivity contribution in [3.05, 3.63) is 24.0 Å². The summed E-state index contributed by atoms with van der Waals surface area (Å²) < 4.78 is 5.35. The second-order valence-electron chi connectivity index (χ2n) is 3.69. The van der Waals surface area contributed by atoms with Gasteiger partial charge in [0.15, 0.2) is 0 Å². The monoisotopic (exact) mass is 207 g/mol. The Morgan fingerprint density at radius 3 is 2.87 bits per heavy atom. The van der Waals surface area contributed by atoms with Crippen LogP contribution in [-0.4, -0.2) is 17.4 Å². The van der Waals surface area contributed by atoms with E-state index in [0.29, 0.717) is 13.0 Å². The van der Waals surface area contributed by atoms with Crippen molar-refractivity contribution in [1.29, 1.82) is 0 Å². The molecule has 0 fully saturated rings. The highest BCUT2D eigenvalue weighted by Crippen LogP contribution is 2.22. The van der Waals surface area contributed by atoms with E-state index in [1.165, 1.54) is 0 Å². The molecule has 0 saturated heterocycles. The second kappa shape index (κ2) is 5.49. The fourth-order valence-electron chi connectivity index (χ4n) is 1.50. The Labute approximate surface area is 90.5 Å². The van der Waals surface area contributed by atoms with Crippen molar-refractivity contribution in [3.8, 4) is 5.75 Å². The van der Waals surface area contributed by atoms with Crippen LogP contribution in [0.3, 0.4) is 0 Å². The van der Waals surface area contributed by atoms with Crippen LogP contribution in [0, 0.1) is 0 Å². The van der Waals surface area contributed by atoms with Crippen molar-refractivity contribution in [2.75, 3.05) is 6.61 Å². The van der Waals surface area contributed by atoms with Crippen LogP contribution < -0.4 is 4.74 Å². The van der Waals surface area contributed by atoms with Crippen LogP contribution in [0.25, 0.3) is 0 Å². The quantitative estimate of drug-likeness (QED) is 0.744. The molecule has 82 valence electrons. The van der Waals surface area contributed by atoms with Crippen molar-refractivity contribution < 1.29 is 9.53 Å². The molecule has 1 atom stereocenters. The summed E-state index contributed by atoms with van der Waals surface area (Å²) in [7, 11) is 0. The molecular weight excluding hydrogens is 190 g/mol. The summed E-state index contributed by atoms with van der Waals surface area (Å²) >= 11 is 0. The van der Waals surface area contributed by atoms with Crippen LogP contribution in [0.15, 0.2) is 18.5 Å². The molecule has 0 aromatic carbocycles. The molecule has 1 aromatic heterocycles. The van der Waals surface area contributed by atoms with Gasteiger partial charge in [-0.15, -0.1) is 0 Å². The van der Waals surface area contributed by atoms with Crippen molar-refractivity contribution in [2.24, 2.45) is 0 Å². The van der Waals surface area contributed by atoms with Crippen LogP contribution in [0.1, 0.15) is 38.7 Å². The van der Waals surface area contributed by atoms with Gasteiger partial charge in [0.05, 0.1) is 12.8 Å². The van der Waals surface area contributed by atoms with Crippen LogP contribution in [0.2, 0.25) is 0 Å². The topological polar surface area (TPSA) is 39.2 Å². The molecule has 0 bridgehead atoms. The first-order valence-corrected chi connectivity index (χ1v) is 5.20. The third kappa shape index (κ3) is 3.70. The Bertz CT molecular complexity index is 336. The highest BCUT2D eigenvalue weighted by molar-refractivity contribution is 5.76. The first-order valence-electron chi connectivity index (χ1n) is 5.20. The molecule has 0 radical (unpaired) electrons. The van der Waals surface area contributed by atoms with Gasteiger partial charge >= 0.3 is 0 Å². The van der Waals surface area contributed by atoms with E-state index in [1.807, 2.05) is 19.9 Å². The highest BCUT2D eigenvalue weighted by atomic mass is 16.5. The zero-order valence-corrected chi connectivity index (χ0v) is 9.49. The molecule has 0 amide bonds. The van der Waals surface area contributed by atoms with Gasteiger partial charge in [-0.2, -0.15) is 0 Å². The third-order valence-electron chi connectivity index (χ3n) is 2.21. The molecule has 1 aromatic rings. The number of ether oxygens (including phenoxy) is 1. The minimum Gasteiger partial charge on any atom is -0.492 e. The van der Waals surface area contributed by atoms with Crippen molar-refractivity contribution in [1.82, 2.24) is 4.98 Å². The van der Waals surface area contributed by atoms with Gasteiger partial charge in [-0.3, -0.25) is 4.98 Å². The third-order valence-corrected chi connectivity index (χ3v) is 2.21. The lowest BCUT2D eigenvalue weighted by Gasteiger charge is -2.10. The molecule has 0 N–H and O–H groups in total. The maximum absolute atomic E-state index is 11.0. The molecule has 0 aliphatic heterocycles. The molecule has 0 aliphatic carbocycles. The minimum atomic E-state index is 0.198. The summed E-state index contributed by atoms with van der Waals surface area (Å²) in [5, 5.41) is 0. The van der Waals surface area contributed by atoms with Gasteiger partial charge in [0.2, 0.25) is 0 Å². The molecule has 1 heterocycles. The standard InChI is InChI=1S/C12H17NO2/c1-4-15-12-6-11(7-13-8-12)9(2)5-10(3)14/h6-9H,4-5H2,1-3H3. The SMILES string of the molecule is CCOc1cncc(C(C)CC(C)=O)c1. The molecule has 0 aliphatic rings. The van der Waals surface area contributed by atoms with E-state index in [1.54, 1.807) is 19.3 Å². The minimum absolute atomic E-state index is 0.198. The second-order valence-corrected chi connectivity index (χ2v) is 3.69. The molecule has 1 rings (SSSR count). The Morgan fingerprint density at radius 1 is 1.53 bits per heavy atom. The average molecular weight is 207 g/mol. The lowest BCUT2D eigenvalue weighted by molar-refractivity contribution is -0.117. The zero-order valence-electron chi connectivity index (χ0n) is 9.49. The predicted octanol–water partition coefficient (Wildman–Crippen LogP) is 2.56. The van der Waals surface area contributed by atoms with E-state index >= 15 is 0 Å². The molecule has 15 heavy (non-hydrogen) atoms. The Hall–Kier alpha value is -1.38. The Morgan fingerprint density at radius 2 is 2.27 bits per heavy atom. The summed E-state index contributed by atoms with van der Waals surface area (Å²) in [4.78, 5) is 15.1. The van der Waals surface area contributed by atoms with E-state index in [2.05, 4.69) is 4.98 Å². The fraction of sp³-hybridized carbons (Fsp3) is 0.500. The van der Waals surface area contributed by atoms with Gasteiger partial charge in [-0.25, -0.2) is 0 Å². The van der Waals surface area contributed by atoms with E-state index in [4.69, 9.17) is 4.74 Å². The number of carbonyl (C=O) groups excluding carboxylic acids is 1. The first-order chi connectivity index (χ1) is 7.13. The summed E-state index contributed by atoms with van der Waals surface area (Å²) in [5.74, 6) is 1.17.